The molecule has 1 unspecified atom stereocenters. The van der Waals surface area contributed by atoms with Gasteiger partial charge in [0.1, 0.15) is 6.04 Å². The third-order valence-electron chi connectivity index (χ3n) is 2.77. The minimum Gasteiger partial charge on any atom is -0.368 e. The Morgan fingerprint density at radius 2 is 2.47 bits per heavy atom. The van der Waals surface area contributed by atoms with E-state index in [2.05, 4.69) is 4.98 Å². The zero-order valence-electron chi connectivity index (χ0n) is 8.39. The second-order valence-electron chi connectivity index (χ2n) is 3.61. The molecule has 0 aromatic carbocycles. The topological polar surface area (TPSA) is 85.2 Å². The van der Waals surface area contributed by atoms with Crippen LogP contribution < -0.4 is 16.4 Å². The molecular formula is C10H14N4O. The van der Waals surface area contributed by atoms with Gasteiger partial charge in [0.25, 0.3) is 0 Å². The third-order valence-corrected chi connectivity index (χ3v) is 2.77. The van der Waals surface area contributed by atoms with Crippen molar-refractivity contribution < 1.29 is 4.79 Å². The van der Waals surface area contributed by atoms with E-state index in [1.165, 1.54) is 0 Å². The van der Waals surface area contributed by atoms with Crippen LogP contribution in [0.4, 0.5) is 5.69 Å². The molecule has 5 nitrogen and oxygen atoms in total. The van der Waals surface area contributed by atoms with Gasteiger partial charge in [-0.2, -0.15) is 0 Å². The predicted octanol–water partition coefficient (Wildman–Crippen LogP) is -0.396. The number of nitrogens with two attached hydrogens (primary N) is 2. The zero-order valence-corrected chi connectivity index (χ0v) is 8.39. The van der Waals surface area contributed by atoms with E-state index >= 15 is 0 Å². The van der Waals surface area contributed by atoms with Gasteiger partial charge in [0.15, 0.2) is 0 Å². The average Bonchev–Trinajstić information content (AvgIpc) is 2.16. The van der Waals surface area contributed by atoms with Gasteiger partial charge in [0.2, 0.25) is 5.91 Å². The maximum absolute atomic E-state index is 11.1. The monoisotopic (exact) mass is 206 g/mol. The maximum atomic E-state index is 11.1. The van der Waals surface area contributed by atoms with Crippen molar-refractivity contribution in [3.05, 3.63) is 24.0 Å². The number of amides is 1. The van der Waals surface area contributed by atoms with Crippen molar-refractivity contribution in [2.24, 2.45) is 11.5 Å². The number of rotatable bonds is 3. The summed E-state index contributed by atoms with van der Waals surface area (Å²) >= 11 is 0. The van der Waals surface area contributed by atoms with Gasteiger partial charge in [-0.05, 0) is 18.1 Å². The van der Waals surface area contributed by atoms with Gasteiger partial charge in [-0.15, -0.1) is 0 Å². The van der Waals surface area contributed by atoms with Crippen LogP contribution in [0.1, 0.15) is 12.0 Å². The van der Waals surface area contributed by atoms with Crippen LogP contribution in [-0.4, -0.2) is 23.5 Å². The van der Waals surface area contributed by atoms with Crippen LogP contribution >= 0.6 is 0 Å². The van der Waals surface area contributed by atoms with Crippen molar-refractivity contribution in [2.45, 2.75) is 19.0 Å². The lowest BCUT2D eigenvalue weighted by Gasteiger charge is -2.41. The molecule has 1 amide bonds. The number of nitrogens with zero attached hydrogens (tertiary/aromatic N) is 2. The van der Waals surface area contributed by atoms with E-state index in [4.69, 9.17) is 11.5 Å². The van der Waals surface area contributed by atoms with E-state index in [0.29, 0.717) is 6.54 Å². The van der Waals surface area contributed by atoms with Gasteiger partial charge >= 0.3 is 0 Å². The average molecular weight is 206 g/mol. The van der Waals surface area contributed by atoms with Crippen LogP contribution in [0.15, 0.2) is 18.5 Å². The summed E-state index contributed by atoms with van der Waals surface area (Å²) in [4.78, 5) is 17.1. The number of aromatic nitrogens is 1. The molecule has 5 heteroatoms. The van der Waals surface area contributed by atoms with Crippen LogP contribution in [0.25, 0.3) is 0 Å². The summed E-state index contributed by atoms with van der Waals surface area (Å²) in [6, 6.07) is 1.67. The molecule has 0 aliphatic carbocycles. The predicted molar refractivity (Wildman–Crippen MR) is 57.1 cm³/mol. The number of carbonyl (C=O) groups excluding carboxylic acids is 1. The minimum atomic E-state index is -0.284. The Hall–Kier alpha value is -1.62. The first kappa shape index (κ1) is 9.92. The first-order valence-electron chi connectivity index (χ1n) is 4.93. The molecule has 1 saturated heterocycles. The minimum absolute atomic E-state index is 0.195. The SMILES string of the molecule is NCc1ccncc1N1CCC1C(N)=O. The lowest BCUT2D eigenvalue weighted by Crippen LogP contribution is -2.55. The van der Waals surface area contributed by atoms with Crippen molar-refractivity contribution >= 4 is 11.6 Å². The lowest BCUT2D eigenvalue weighted by molar-refractivity contribution is -0.120. The normalized spacial score (nSPS) is 19.8. The fraction of sp³-hybridized carbons (Fsp3) is 0.400. The van der Waals surface area contributed by atoms with Crippen molar-refractivity contribution in [3.8, 4) is 0 Å². The Bertz CT molecular complexity index is 379. The van der Waals surface area contributed by atoms with E-state index < -0.39 is 0 Å². The molecule has 1 aliphatic heterocycles. The summed E-state index contributed by atoms with van der Waals surface area (Å²) in [5.41, 5.74) is 12.8. The molecule has 1 fully saturated rings. The lowest BCUT2D eigenvalue weighted by atomic mass is 10.00. The Balaban J connectivity index is 2.26. The highest BCUT2D eigenvalue weighted by Gasteiger charge is 2.33. The molecule has 2 rings (SSSR count). The number of anilines is 1. The number of carbonyl (C=O) groups is 1. The fourth-order valence-corrected chi connectivity index (χ4v) is 1.82. The fourth-order valence-electron chi connectivity index (χ4n) is 1.82. The molecule has 4 N–H and O–H groups in total. The quantitative estimate of drug-likeness (QED) is 0.705. The molecule has 0 radical (unpaired) electrons. The van der Waals surface area contributed by atoms with E-state index in [0.717, 1.165) is 24.2 Å². The Labute approximate surface area is 88.1 Å². The largest absolute Gasteiger partial charge is 0.368 e. The number of hydrogen-bond donors (Lipinski definition) is 2. The van der Waals surface area contributed by atoms with Crippen molar-refractivity contribution in [2.75, 3.05) is 11.4 Å². The standard InChI is InChI=1S/C10H14N4O/c11-5-7-1-3-13-6-9(7)14-4-2-8(14)10(12)15/h1,3,6,8H,2,4-5,11H2,(H2,12,15). The van der Waals surface area contributed by atoms with Gasteiger partial charge in [0.05, 0.1) is 11.9 Å². The zero-order chi connectivity index (χ0) is 10.8. The summed E-state index contributed by atoms with van der Waals surface area (Å²) in [6.07, 6.45) is 4.25. The van der Waals surface area contributed by atoms with Crippen molar-refractivity contribution in [3.63, 3.8) is 0 Å². The van der Waals surface area contributed by atoms with Gasteiger partial charge < -0.3 is 16.4 Å². The Kier molecular flexibility index (Phi) is 2.55. The molecule has 0 bridgehead atoms. The van der Waals surface area contributed by atoms with E-state index in [1.807, 2.05) is 11.0 Å². The molecule has 1 atom stereocenters. The summed E-state index contributed by atoms with van der Waals surface area (Å²) in [6.45, 7) is 1.28. The second kappa shape index (κ2) is 3.86. The summed E-state index contributed by atoms with van der Waals surface area (Å²) < 4.78 is 0. The first-order chi connectivity index (χ1) is 7.24. The van der Waals surface area contributed by atoms with Gasteiger partial charge in [-0.25, -0.2) is 0 Å². The molecule has 1 aromatic heterocycles. The number of pyridine rings is 1. The molecule has 0 saturated carbocycles. The summed E-state index contributed by atoms with van der Waals surface area (Å²) in [7, 11) is 0. The highest BCUT2D eigenvalue weighted by Crippen LogP contribution is 2.28. The summed E-state index contributed by atoms with van der Waals surface area (Å²) in [5.74, 6) is -0.284. The molecule has 80 valence electrons. The number of primary amides is 1. The van der Waals surface area contributed by atoms with Crippen molar-refractivity contribution in [1.29, 1.82) is 0 Å². The summed E-state index contributed by atoms with van der Waals surface area (Å²) in [5, 5.41) is 0. The molecular weight excluding hydrogens is 192 g/mol. The van der Waals surface area contributed by atoms with Crippen LogP contribution in [-0.2, 0) is 11.3 Å². The number of hydrogen-bond acceptors (Lipinski definition) is 4. The molecule has 15 heavy (non-hydrogen) atoms. The molecule has 0 spiro atoms. The van der Waals surface area contributed by atoms with Crippen LogP contribution in [0.2, 0.25) is 0 Å². The van der Waals surface area contributed by atoms with Gasteiger partial charge in [-0.3, -0.25) is 9.78 Å². The molecule has 1 aliphatic rings. The van der Waals surface area contributed by atoms with E-state index in [-0.39, 0.29) is 11.9 Å². The maximum Gasteiger partial charge on any atom is 0.240 e. The molecule has 1 aromatic rings. The van der Waals surface area contributed by atoms with Gasteiger partial charge in [0, 0.05) is 19.3 Å². The second-order valence-corrected chi connectivity index (χ2v) is 3.61. The van der Waals surface area contributed by atoms with E-state index in [9.17, 15) is 4.79 Å². The Morgan fingerprint density at radius 3 is 3.00 bits per heavy atom. The Morgan fingerprint density at radius 1 is 1.67 bits per heavy atom. The smallest absolute Gasteiger partial charge is 0.240 e. The van der Waals surface area contributed by atoms with Crippen LogP contribution in [0, 0.1) is 0 Å². The van der Waals surface area contributed by atoms with Crippen molar-refractivity contribution in [1.82, 2.24) is 4.98 Å². The van der Waals surface area contributed by atoms with Gasteiger partial charge in [-0.1, -0.05) is 0 Å². The molecule has 2 heterocycles. The van der Waals surface area contributed by atoms with Crippen LogP contribution in [0.3, 0.4) is 0 Å². The highest BCUT2D eigenvalue weighted by molar-refractivity contribution is 5.85. The third kappa shape index (κ3) is 1.66. The highest BCUT2D eigenvalue weighted by atomic mass is 16.1. The first-order valence-corrected chi connectivity index (χ1v) is 4.93. The van der Waals surface area contributed by atoms with E-state index in [1.54, 1.807) is 12.4 Å². The van der Waals surface area contributed by atoms with Crippen LogP contribution in [0.5, 0.6) is 0 Å².